The second-order valence-corrected chi connectivity index (χ2v) is 15.5. The number of amides is 1. The van der Waals surface area contributed by atoms with E-state index >= 15 is 0 Å². The number of hydrogen-bond donors (Lipinski definition) is 6. The van der Waals surface area contributed by atoms with E-state index in [0.29, 0.717) is 12.8 Å². The Hall–Kier alpha value is -1.33. The molecule has 0 radical (unpaired) electrons. The van der Waals surface area contributed by atoms with Crippen LogP contribution in [0, 0.1) is 0 Å². The van der Waals surface area contributed by atoms with Gasteiger partial charge in [0.2, 0.25) is 5.91 Å². The molecule has 7 atom stereocenters. The fraction of sp³-hybridized carbons (Fsp3) is 0.886. The van der Waals surface area contributed by atoms with E-state index in [-0.39, 0.29) is 12.5 Å². The number of unbranched alkanes of at least 4 members (excludes halogenated alkanes) is 22. The molecule has 0 spiro atoms. The molecule has 312 valence electrons. The van der Waals surface area contributed by atoms with Crippen LogP contribution in [0.3, 0.4) is 0 Å². The van der Waals surface area contributed by atoms with Gasteiger partial charge in [0.25, 0.3) is 0 Å². The van der Waals surface area contributed by atoms with E-state index < -0.39 is 49.5 Å². The molecule has 0 aromatic rings. The molecule has 6 N–H and O–H groups in total. The molecule has 1 fully saturated rings. The number of hydrogen-bond acceptors (Lipinski definition) is 8. The molecular weight excluding hydrogens is 670 g/mol. The van der Waals surface area contributed by atoms with Crippen molar-refractivity contribution in [2.45, 2.75) is 236 Å². The first kappa shape index (κ1) is 49.7. The van der Waals surface area contributed by atoms with Crippen molar-refractivity contribution in [2.75, 3.05) is 13.2 Å². The van der Waals surface area contributed by atoms with Crippen molar-refractivity contribution in [2.24, 2.45) is 0 Å². The van der Waals surface area contributed by atoms with Gasteiger partial charge < -0.3 is 40.3 Å². The third-order valence-corrected chi connectivity index (χ3v) is 10.6. The third kappa shape index (κ3) is 26.2. The van der Waals surface area contributed by atoms with Gasteiger partial charge in [-0.25, -0.2) is 0 Å². The molecular formula is C44H83NO8. The minimum atomic E-state index is -1.55. The summed E-state index contributed by atoms with van der Waals surface area (Å²) < 4.78 is 11.1. The summed E-state index contributed by atoms with van der Waals surface area (Å²) in [5.74, 6) is -0.152. The summed E-state index contributed by atoms with van der Waals surface area (Å²) in [6, 6.07) is -0.713. The van der Waals surface area contributed by atoms with Crippen LogP contribution in [0.25, 0.3) is 0 Å². The zero-order chi connectivity index (χ0) is 38.8. The number of ether oxygens (including phenoxy) is 2. The zero-order valence-corrected chi connectivity index (χ0v) is 34.0. The van der Waals surface area contributed by atoms with Crippen LogP contribution in [0.2, 0.25) is 0 Å². The topological polar surface area (TPSA) is 149 Å². The highest BCUT2D eigenvalue weighted by atomic mass is 16.7. The van der Waals surface area contributed by atoms with Crippen molar-refractivity contribution >= 4 is 5.91 Å². The summed E-state index contributed by atoms with van der Waals surface area (Å²) in [5, 5.41) is 53.8. The van der Waals surface area contributed by atoms with E-state index in [4.69, 9.17) is 9.47 Å². The maximum absolute atomic E-state index is 12.8. The van der Waals surface area contributed by atoms with E-state index in [0.717, 1.165) is 57.8 Å². The third-order valence-electron chi connectivity index (χ3n) is 10.6. The number of carbonyl (C=O) groups is 1. The lowest BCUT2D eigenvalue weighted by Gasteiger charge is -2.40. The van der Waals surface area contributed by atoms with E-state index in [1.54, 1.807) is 0 Å². The lowest BCUT2D eigenvalue weighted by atomic mass is 9.99. The summed E-state index contributed by atoms with van der Waals surface area (Å²) >= 11 is 0. The van der Waals surface area contributed by atoms with Gasteiger partial charge in [-0.15, -0.1) is 0 Å². The van der Waals surface area contributed by atoms with Crippen LogP contribution in [-0.4, -0.2) is 87.5 Å². The fourth-order valence-corrected chi connectivity index (χ4v) is 6.95. The molecule has 0 aliphatic carbocycles. The monoisotopic (exact) mass is 754 g/mol. The SMILES string of the molecule is CCCCCCC/C=C\C/C=C\CCCCCCCCCCCCCCCC(=O)NC(COC1OC(CO)C(O)C(O)C1O)C(O)CCCCCCC. The molecule has 0 aromatic carbocycles. The Balaban J connectivity index is 2.13. The zero-order valence-electron chi connectivity index (χ0n) is 34.0. The van der Waals surface area contributed by atoms with Crippen molar-refractivity contribution in [3.63, 3.8) is 0 Å². The maximum atomic E-state index is 12.8. The first-order chi connectivity index (χ1) is 25.8. The van der Waals surface area contributed by atoms with Gasteiger partial charge in [0.15, 0.2) is 6.29 Å². The van der Waals surface area contributed by atoms with Gasteiger partial charge in [-0.1, -0.05) is 167 Å². The second kappa shape index (κ2) is 35.1. The summed E-state index contributed by atoms with van der Waals surface area (Å²) in [6.45, 7) is 3.72. The van der Waals surface area contributed by atoms with Crippen LogP contribution in [0.4, 0.5) is 0 Å². The van der Waals surface area contributed by atoms with Gasteiger partial charge in [0.05, 0.1) is 25.4 Å². The molecule has 9 heteroatoms. The van der Waals surface area contributed by atoms with Gasteiger partial charge in [-0.05, 0) is 44.9 Å². The van der Waals surface area contributed by atoms with Gasteiger partial charge >= 0.3 is 0 Å². The standard InChI is InChI=1S/C44H83NO8/c1-3-5-7-9-10-11-12-13-14-15-16-17-18-19-20-21-22-23-24-25-26-27-28-30-32-34-40(48)45-37(38(47)33-31-29-8-6-4-2)36-52-44-43(51)42(50)41(49)39(35-46)53-44/h12-13,15-16,37-39,41-44,46-47,49-51H,3-11,14,17-36H2,1-2H3,(H,45,48)/b13-12-,16-15-. The maximum Gasteiger partial charge on any atom is 0.220 e. The summed E-state index contributed by atoms with van der Waals surface area (Å²) in [5.41, 5.74) is 0. The van der Waals surface area contributed by atoms with Gasteiger partial charge in [-0.2, -0.15) is 0 Å². The van der Waals surface area contributed by atoms with Crippen molar-refractivity contribution in [3.8, 4) is 0 Å². The molecule has 1 saturated heterocycles. The Kier molecular flexibility index (Phi) is 32.9. The smallest absolute Gasteiger partial charge is 0.220 e. The molecule has 1 amide bonds. The van der Waals surface area contributed by atoms with Crippen molar-refractivity contribution < 1.29 is 39.8 Å². The van der Waals surface area contributed by atoms with Crippen molar-refractivity contribution in [3.05, 3.63) is 24.3 Å². The van der Waals surface area contributed by atoms with Gasteiger partial charge in [0, 0.05) is 6.42 Å². The molecule has 7 unspecified atom stereocenters. The van der Waals surface area contributed by atoms with Crippen molar-refractivity contribution in [1.82, 2.24) is 5.32 Å². The molecule has 0 bridgehead atoms. The predicted octanol–water partition coefficient (Wildman–Crippen LogP) is 8.72. The predicted molar refractivity (Wildman–Crippen MR) is 217 cm³/mol. The highest BCUT2D eigenvalue weighted by molar-refractivity contribution is 5.76. The number of rotatable bonds is 36. The average Bonchev–Trinajstić information content (AvgIpc) is 3.16. The Bertz CT molecular complexity index is 883. The first-order valence-corrected chi connectivity index (χ1v) is 22.0. The minimum Gasteiger partial charge on any atom is -0.394 e. The van der Waals surface area contributed by atoms with E-state index in [2.05, 4.69) is 43.5 Å². The van der Waals surface area contributed by atoms with E-state index in [9.17, 15) is 30.3 Å². The van der Waals surface area contributed by atoms with E-state index in [1.807, 2.05) is 0 Å². The normalized spacial score (nSPS) is 21.8. The van der Waals surface area contributed by atoms with Crippen LogP contribution < -0.4 is 5.32 Å². The molecule has 1 rings (SSSR count). The number of allylic oxidation sites excluding steroid dienone is 4. The molecule has 0 aromatic heterocycles. The van der Waals surface area contributed by atoms with Crippen LogP contribution in [0.15, 0.2) is 24.3 Å². The highest BCUT2D eigenvalue weighted by Crippen LogP contribution is 2.23. The average molecular weight is 754 g/mol. The molecule has 1 heterocycles. The largest absolute Gasteiger partial charge is 0.394 e. The van der Waals surface area contributed by atoms with Crippen molar-refractivity contribution in [1.29, 1.82) is 0 Å². The Labute approximate surface area is 324 Å². The lowest BCUT2D eigenvalue weighted by molar-refractivity contribution is -0.302. The number of nitrogens with one attached hydrogen (secondary N) is 1. The Morgan fingerprint density at radius 1 is 0.642 bits per heavy atom. The second-order valence-electron chi connectivity index (χ2n) is 15.5. The van der Waals surface area contributed by atoms with Crippen LogP contribution in [-0.2, 0) is 14.3 Å². The Morgan fingerprint density at radius 3 is 1.62 bits per heavy atom. The summed E-state index contributed by atoms with van der Waals surface area (Å²) in [6.07, 6.45) is 33.9. The number of aliphatic hydroxyl groups excluding tert-OH is 5. The molecule has 53 heavy (non-hydrogen) atoms. The molecule has 1 aliphatic heterocycles. The molecule has 1 aliphatic rings. The van der Waals surface area contributed by atoms with Crippen LogP contribution in [0.1, 0.15) is 194 Å². The minimum absolute atomic E-state index is 0.139. The Morgan fingerprint density at radius 2 is 1.11 bits per heavy atom. The molecule has 9 nitrogen and oxygen atoms in total. The summed E-state index contributed by atoms with van der Waals surface area (Å²) in [7, 11) is 0. The summed E-state index contributed by atoms with van der Waals surface area (Å²) in [4.78, 5) is 12.8. The number of aliphatic hydroxyl groups is 5. The first-order valence-electron chi connectivity index (χ1n) is 22.0. The van der Waals surface area contributed by atoms with Gasteiger partial charge in [0.1, 0.15) is 24.4 Å². The number of carbonyl (C=O) groups excluding carboxylic acids is 1. The quantitative estimate of drug-likeness (QED) is 0.0275. The highest BCUT2D eigenvalue weighted by Gasteiger charge is 2.44. The van der Waals surface area contributed by atoms with Crippen LogP contribution in [0.5, 0.6) is 0 Å². The van der Waals surface area contributed by atoms with E-state index in [1.165, 1.54) is 109 Å². The lowest BCUT2D eigenvalue weighted by Crippen LogP contribution is -2.60. The van der Waals surface area contributed by atoms with Crippen LogP contribution >= 0.6 is 0 Å². The fourth-order valence-electron chi connectivity index (χ4n) is 6.95. The van der Waals surface area contributed by atoms with Gasteiger partial charge in [-0.3, -0.25) is 4.79 Å². The molecule has 0 saturated carbocycles.